The lowest BCUT2D eigenvalue weighted by Crippen LogP contribution is -2.21. The van der Waals surface area contributed by atoms with Gasteiger partial charge in [-0.25, -0.2) is 16.3 Å². The summed E-state index contributed by atoms with van der Waals surface area (Å²) < 4.78 is 5.93. The third kappa shape index (κ3) is 9.14. The fourth-order valence-corrected chi connectivity index (χ4v) is 4.20. The molecule has 0 bridgehead atoms. The highest BCUT2D eigenvalue weighted by Gasteiger charge is 2.15. The number of amides is 3. The number of carbonyl (C=O) groups excluding carboxylic acids is 3. The van der Waals surface area contributed by atoms with Crippen LogP contribution in [0.5, 0.6) is 28.7 Å². The molecule has 49 heavy (non-hydrogen) atoms. The van der Waals surface area contributed by atoms with Gasteiger partial charge < -0.3 is 20.1 Å². The summed E-state index contributed by atoms with van der Waals surface area (Å²) in [6.45, 7) is 0. The van der Waals surface area contributed by atoms with Crippen molar-refractivity contribution in [3.8, 4) is 28.7 Å². The highest BCUT2D eigenvalue weighted by atomic mass is 16.5. The Balaban J connectivity index is 1.32. The van der Waals surface area contributed by atoms with E-state index in [4.69, 9.17) is 4.74 Å². The molecule has 0 saturated carbocycles. The molecule has 5 rings (SSSR count). The first-order valence-corrected chi connectivity index (χ1v) is 14.5. The third-order valence-corrected chi connectivity index (χ3v) is 6.70. The smallest absolute Gasteiger partial charge is 0.271 e. The molecule has 3 amide bonds. The van der Waals surface area contributed by atoms with Crippen molar-refractivity contribution >= 4 is 36.4 Å². The number of ether oxygens (including phenoxy) is 1. The van der Waals surface area contributed by atoms with Crippen molar-refractivity contribution in [2.75, 3.05) is 0 Å². The Morgan fingerprint density at radius 3 is 1.22 bits per heavy atom. The molecular formula is C36H28N6O7. The van der Waals surface area contributed by atoms with Gasteiger partial charge in [-0.1, -0.05) is 36.4 Å². The molecule has 0 aliphatic heterocycles. The summed E-state index contributed by atoms with van der Waals surface area (Å²) >= 11 is 0. The van der Waals surface area contributed by atoms with Gasteiger partial charge in [0.25, 0.3) is 17.7 Å². The van der Waals surface area contributed by atoms with Gasteiger partial charge in [0, 0.05) is 33.4 Å². The topological polar surface area (TPSA) is 194 Å². The summed E-state index contributed by atoms with van der Waals surface area (Å²) in [5.74, 6) is -1.51. The van der Waals surface area contributed by atoms with Crippen LogP contribution in [0.15, 0.2) is 131 Å². The van der Waals surface area contributed by atoms with Gasteiger partial charge in [-0.05, 0) is 78.9 Å². The molecule has 0 unspecified atom stereocenters. The van der Waals surface area contributed by atoms with Crippen molar-refractivity contribution in [2.24, 2.45) is 15.3 Å². The van der Waals surface area contributed by atoms with Gasteiger partial charge in [-0.2, -0.15) is 15.3 Å². The quantitative estimate of drug-likeness (QED) is 0.0860. The fourth-order valence-electron chi connectivity index (χ4n) is 4.20. The molecule has 0 aliphatic carbocycles. The predicted molar refractivity (Wildman–Crippen MR) is 182 cm³/mol. The zero-order valence-electron chi connectivity index (χ0n) is 25.5. The Morgan fingerprint density at radius 1 is 0.469 bits per heavy atom. The maximum absolute atomic E-state index is 13.0. The average Bonchev–Trinajstić information content (AvgIpc) is 3.10. The number of carbonyl (C=O) groups is 3. The van der Waals surface area contributed by atoms with Crippen LogP contribution in [0.2, 0.25) is 0 Å². The van der Waals surface area contributed by atoms with Crippen molar-refractivity contribution in [3.63, 3.8) is 0 Å². The summed E-state index contributed by atoms with van der Waals surface area (Å²) in [6, 6.07) is 29.5. The summed E-state index contributed by atoms with van der Waals surface area (Å²) in [7, 11) is 0. The van der Waals surface area contributed by atoms with Crippen LogP contribution in [0.3, 0.4) is 0 Å². The number of hydrazone groups is 3. The van der Waals surface area contributed by atoms with E-state index in [0.717, 1.165) is 0 Å². The van der Waals surface area contributed by atoms with Crippen LogP contribution >= 0.6 is 0 Å². The Labute approximate surface area is 279 Å². The van der Waals surface area contributed by atoms with Gasteiger partial charge in [0.1, 0.15) is 28.7 Å². The second-order valence-corrected chi connectivity index (χ2v) is 10.1. The Kier molecular flexibility index (Phi) is 10.7. The molecule has 6 N–H and O–H groups in total. The predicted octanol–water partition coefficient (Wildman–Crippen LogP) is 4.89. The normalized spacial score (nSPS) is 11.1. The van der Waals surface area contributed by atoms with Crippen LogP contribution in [0, 0.1) is 0 Å². The van der Waals surface area contributed by atoms with Gasteiger partial charge in [-0.15, -0.1) is 0 Å². The van der Waals surface area contributed by atoms with E-state index < -0.39 is 17.7 Å². The average molecular weight is 657 g/mol. The number of hydrogen-bond donors (Lipinski definition) is 6. The number of benzene rings is 5. The SMILES string of the molecule is O=C(N/N=C/c1ccccc1O)c1ccc(Oc2cc(C(=O)N/N=C/c3ccccc3O)cc(C(=O)N/N=C/c3ccccc3O)c2)cc1. The largest absolute Gasteiger partial charge is 0.507 e. The third-order valence-electron chi connectivity index (χ3n) is 6.70. The van der Waals surface area contributed by atoms with Crippen LogP contribution in [-0.2, 0) is 0 Å². The molecule has 244 valence electrons. The number of phenols is 3. The van der Waals surface area contributed by atoms with E-state index in [2.05, 4.69) is 31.6 Å². The second kappa shape index (κ2) is 15.8. The minimum absolute atomic E-state index is 0.0140. The summed E-state index contributed by atoms with van der Waals surface area (Å²) in [4.78, 5) is 38.7. The van der Waals surface area contributed by atoms with Gasteiger partial charge in [0.2, 0.25) is 0 Å². The zero-order valence-corrected chi connectivity index (χ0v) is 25.5. The molecule has 0 spiro atoms. The van der Waals surface area contributed by atoms with Crippen LogP contribution in [0.4, 0.5) is 0 Å². The molecule has 5 aromatic carbocycles. The molecule has 0 aromatic heterocycles. The lowest BCUT2D eigenvalue weighted by molar-refractivity contribution is 0.0943. The van der Waals surface area contributed by atoms with E-state index in [-0.39, 0.29) is 45.4 Å². The molecular weight excluding hydrogens is 628 g/mol. The standard InChI is InChI=1S/C36H28N6O7/c43-31-10-4-1-7-24(31)20-37-40-34(46)23-13-15-29(16-14-23)49-30-18-27(35(47)41-38-21-25-8-2-5-11-32(25)44)17-28(19-30)36(48)42-39-22-26-9-3-6-12-33(26)45/h1-22,43-45H,(H,40,46)(H,41,47)(H,42,48)/b37-20+,38-21+,39-22+. The lowest BCUT2D eigenvalue weighted by atomic mass is 10.1. The molecule has 0 fully saturated rings. The summed E-state index contributed by atoms with van der Waals surface area (Å²) in [5.41, 5.74) is 8.57. The maximum Gasteiger partial charge on any atom is 0.271 e. The van der Waals surface area contributed by atoms with E-state index in [1.165, 1.54) is 79.3 Å². The number of nitrogens with one attached hydrogen (secondary N) is 3. The van der Waals surface area contributed by atoms with Gasteiger partial charge in [0.05, 0.1) is 18.6 Å². The molecule has 0 aliphatic rings. The first-order valence-electron chi connectivity index (χ1n) is 14.5. The minimum Gasteiger partial charge on any atom is -0.507 e. The Hall–Kier alpha value is -7.28. The number of aromatic hydroxyl groups is 3. The van der Waals surface area contributed by atoms with Gasteiger partial charge in [0.15, 0.2) is 0 Å². The fraction of sp³-hybridized carbons (Fsp3) is 0. The van der Waals surface area contributed by atoms with Gasteiger partial charge in [-0.3, -0.25) is 14.4 Å². The van der Waals surface area contributed by atoms with Crippen LogP contribution in [0.25, 0.3) is 0 Å². The van der Waals surface area contributed by atoms with Crippen molar-refractivity contribution in [1.82, 2.24) is 16.3 Å². The lowest BCUT2D eigenvalue weighted by Gasteiger charge is -2.11. The van der Waals surface area contributed by atoms with Crippen LogP contribution < -0.4 is 21.0 Å². The highest BCUT2D eigenvalue weighted by molar-refractivity contribution is 6.01. The molecule has 13 heteroatoms. The summed E-state index contributed by atoms with van der Waals surface area (Å²) in [5, 5.41) is 41.4. The maximum atomic E-state index is 13.0. The van der Waals surface area contributed by atoms with Crippen molar-refractivity contribution in [1.29, 1.82) is 0 Å². The molecule has 0 saturated heterocycles. The number of nitrogens with zero attached hydrogens (tertiary/aromatic N) is 3. The monoisotopic (exact) mass is 656 g/mol. The van der Waals surface area contributed by atoms with Crippen LogP contribution in [-0.4, -0.2) is 51.7 Å². The van der Waals surface area contributed by atoms with E-state index in [1.807, 2.05) is 0 Å². The van der Waals surface area contributed by atoms with Gasteiger partial charge >= 0.3 is 0 Å². The molecule has 13 nitrogen and oxygen atoms in total. The number of para-hydroxylation sites is 3. The number of hydrogen-bond acceptors (Lipinski definition) is 10. The zero-order chi connectivity index (χ0) is 34.6. The van der Waals surface area contributed by atoms with Crippen LogP contribution in [0.1, 0.15) is 47.8 Å². The van der Waals surface area contributed by atoms with Crippen molar-refractivity contribution < 1.29 is 34.4 Å². The summed E-state index contributed by atoms with van der Waals surface area (Å²) in [6.07, 6.45) is 3.85. The van der Waals surface area contributed by atoms with E-state index in [1.54, 1.807) is 54.6 Å². The van der Waals surface area contributed by atoms with Crippen molar-refractivity contribution in [2.45, 2.75) is 0 Å². The minimum atomic E-state index is -0.680. The molecule has 0 heterocycles. The molecule has 0 radical (unpaired) electrons. The van der Waals surface area contributed by atoms with Crippen molar-refractivity contribution in [3.05, 3.63) is 149 Å². The first kappa shape index (κ1) is 33.1. The molecule has 0 atom stereocenters. The Morgan fingerprint density at radius 2 is 0.837 bits per heavy atom. The Bertz CT molecular complexity index is 1990. The highest BCUT2D eigenvalue weighted by Crippen LogP contribution is 2.25. The number of rotatable bonds is 11. The second-order valence-electron chi connectivity index (χ2n) is 10.1. The van der Waals surface area contributed by atoms with E-state index in [0.29, 0.717) is 16.7 Å². The van der Waals surface area contributed by atoms with E-state index >= 15 is 0 Å². The van der Waals surface area contributed by atoms with E-state index in [9.17, 15) is 29.7 Å². The number of phenolic OH excluding ortho intramolecular Hbond substituents is 3. The first-order chi connectivity index (χ1) is 23.8. The molecule has 5 aromatic rings.